The van der Waals surface area contributed by atoms with Crippen LogP contribution >= 0.6 is 11.6 Å². The minimum atomic E-state index is -3.24. The Hall–Kier alpha value is -0.660. The topological polar surface area (TPSA) is 52.7 Å². The molecule has 5 nitrogen and oxygen atoms in total. The molecule has 0 unspecified atom stereocenters. The van der Waals surface area contributed by atoms with Gasteiger partial charge in [0.05, 0.1) is 5.75 Å². The highest BCUT2D eigenvalue weighted by atomic mass is 35.5. The number of benzene rings is 1. The van der Waals surface area contributed by atoms with Crippen LogP contribution in [0, 0.1) is 0 Å². The van der Waals surface area contributed by atoms with Gasteiger partial charge in [-0.2, -0.15) is 0 Å². The lowest BCUT2D eigenvalue weighted by atomic mass is 10.2. The van der Waals surface area contributed by atoms with Crippen molar-refractivity contribution in [3.8, 4) is 0 Å². The molecule has 0 saturated carbocycles. The van der Waals surface area contributed by atoms with E-state index in [0.717, 1.165) is 31.7 Å². The Bertz CT molecular complexity index is 559. The summed E-state index contributed by atoms with van der Waals surface area (Å²) in [6.07, 6.45) is 0. The molecule has 0 aliphatic carbocycles. The molecular formula is C14H22ClN3O2S. The third kappa shape index (κ3) is 5.23. The maximum Gasteiger partial charge on any atom is 0.215 e. The first kappa shape index (κ1) is 16.7. The summed E-state index contributed by atoms with van der Waals surface area (Å²) < 4.78 is 26.0. The van der Waals surface area contributed by atoms with E-state index in [0.29, 0.717) is 18.1 Å². The number of sulfonamides is 1. The third-order valence-electron chi connectivity index (χ3n) is 3.64. The summed E-state index contributed by atoms with van der Waals surface area (Å²) in [4.78, 5) is 2.18. The van der Waals surface area contributed by atoms with Crippen LogP contribution in [0.15, 0.2) is 24.3 Å². The van der Waals surface area contributed by atoms with Crippen molar-refractivity contribution in [2.24, 2.45) is 0 Å². The van der Waals surface area contributed by atoms with Gasteiger partial charge in [-0.05, 0) is 17.7 Å². The van der Waals surface area contributed by atoms with Crippen molar-refractivity contribution < 1.29 is 8.42 Å². The summed E-state index contributed by atoms with van der Waals surface area (Å²) in [5.41, 5.74) is 0.899. The highest BCUT2D eigenvalue weighted by molar-refractivity contribution is 7.89. The average Bonchev–Trinajstić information content (AvgIpc) is 2.46. The fourth-order valence-electron chi connectivity index (χ4n) is 2.33. The third-order valence-corrected chi connectivity index (χ3v) is 5.66. The van der Waals surface area contributed by atoms with Crippen molar-refractivity contribution in [1.82, 2.24) is 14.5 Å². The Morgan fingerprint density at radius 2 is 2.05 bits per heavy atom. The van der Waals surface area contributed by atoms with E-state index in [2.05, 4.69) is 10.2 Å². The molecule has 1 aromatic carbocycles. The van der Waals surface area contributed by atoms with Gasteiger partial charge in [-0.25, -0.2) is 12.7 Å². The minimum Gasteiger partial charge on any atom is -0.314 e. The monoisotopic (exact) mass is 331 g/mol. The molecule has 1 saturated heterocycles. The van der Waals surface area contributed by atoms with Crippen molar-refractivity contribution in [2.45, 2.75) is 6.54 Å². The SMILES string of the molecule is CN(Cc1cccc(Cl)c1)S(=O)(=O)CCN1CCNCC1. The lowest BCUT2D eigenvalue weighted by molar-refractivity contribution is 0.252. The van der Waals surface area contributed by atoms with E-state index in [1.807, 2.05) is 12.1 Å². The van der Waals surface area contributed by atoms with Crippen LogP contribution in [0.1, 0.15) is 5.56 Å². The van der Waals surface area contributed by atoms with Crippen LogP contribution in [0.25, 0.3) is 0 Å². The van der Waals surface area contributed by atoms with Gasteiger partial charge in [0.2, 0.25) is 10.0 Å². The van der Waals surface area contributed by atoms with Gasteiger partial charge in [0.1, 0.15) is 0 Å². The molecule has 0 aromatic heterocycles. The number of nitrogens with zero attached hydrogens (tertiary/aromatic N) is 2. The summed E-state index contributed by atoms with van der Waals surface area (Å²) in [5, 5.41) is 3.88. The summed E-state index contributed by atoms with van der Waals surface area (Å²) in [5.74, 6) is 0.157. The van der Waals surface area contributed by atoms with E-state index in [1.54, 1.807) is 19.2 Å². The van der Waals surface area contributed by atoms with Crippen molar-refractivity contribution >= 4 is 21.6 Å². The largest absolute Gasteiger partial charge is 0.314 e. The molecule has 21 heavy (non-hydrogen) atoms. The number of nitrogens with one attached hydrogen (secondary N) is 1. The molecule has 2 rings (SSSR count). The molecule has 1 aliphatic heterocycles. The van der Waals surface area contributed by atoms with E-state index in [4.69, 9.17) is 11.6 Å². The van der Waals surface area contributed by atoms with E-state index < -0.39 is 10.0 Å². The maximum atomic E-state index is 12.3. The van der Waals surface area contributed by atoms with E-state index in [9.17, 15) is 8.42 Å². The molecule has 0 atom stereocenters. The fourth-order valence-corrected chi connectivity index (χ4v) is 3.69. The Kier molecular flexibility index (Phi) is 6.01. The Labute approximate surface area is 131 Å². The summed E-state index contributed by atoms with van der Waals surface area (Å²) in [6, 6.07) is 7.29. The standard InChI is InChI=1S/C14H22ClN3O2S/c1-17(12-13-3-2-4-14(15)11-13)21(19,20)10-9-18-7-5-16-6-8-18/h2-4,11,16H,5-10,12H2,1H3. The van der Waals surface area contributed by atoms with Crippen LogP contribution in [0.2, 0.25) is 5.02 Å². The van der Waals surface area contributed by atoms with Gasteiger partial charge in [-0.3, -0.25) is 4.90 Å². The molecule has 118 valence electrons. The maximum absolute atomic E-state index is 12.3. The first-order chi connectivity index (χ1) is 9.97. The average molecular weight is 332 g/mol. The Balaban J connectivity index is 1.88. The van der Waals surface area contributed by atoms with Gasteiger partial charge in [-0.15, -0.1) is 0 Å². The van der Waals surface area contributed by atoms with E-state index in [1.165, 1.54) is 4.31 Å². The number of hydrogen-bond acceptors (Lipinski definition) is 4. The molecule has 7 heteroatoms. The quantitative estimate of drug-likeness (QED) is 0.845. The van der Waals surface area contributed by atoms with Gasteiger partial charge >= 0.3 is 0 Å². The van der Waals surface area contributed by atoms with Gasteiger partial charge in [-0.1, -0.05) is 23.7 Å². The second kappa shape index (κ2) is 7.56. The van der Waals surface area contributed by atoms with Crippen LogP contribution in [0.3, 0.4) is 0 Å². The summed E-state index contributed by atoms with van der Waals surface area (Å²) in [6.45, 7) is 4.62. The normalized spacial score (nSPS) is 17.3. The summed E-state index contributed by atoms with van der Waals surface area (Å²) >= 11 is 5.92. The fraction of sp³-hybridized carbons (Fsp3) is 0.571. The second-order valence-corrected chi connectivity index (χ2v) is 7.93. The number of rotatable bonds is 6. The zero-order valence-corrected chi connectivity index (χ0v) is 13.8. The van der Waals surface area contributed by atoms with Crippen LogP contribution in [0.4, 0.5) is 0 Å². The Morgan fingerprint density at radius 1 is 1.33 bits per heavy atom. The lowest BCUT2D eigenvalue weighted by Crippen LogP contribution is -2.46. The highest BCUT2D eigenvalue weighted by Gasteiger charge is 2.20. The van der Waals surface area contributed by atoms with Gasteiger partial charge < -0.3 is 5.32 Å². The van der Waals surface area contributed by atoms with Crippen molar-refractivity contribution in [3.63, 3.8) is 0 Å². The predicted octanol–water partition coefficient (Wildman–Crippen LogP) is 1.01. The smallest absolute Gasteiger partial charge is 0.215 e. The molecule has 0 spiro atoms. The molecule has 1 fully saturated rings. The lowest BCUT2D eigenvalue weighted by Gasteiger charge is -2.27. The van der Waals surface area contributed by atoms with Crippen molar-refractivity contribution in [2.75, 3.05) is 45.5 Å². The molecule has 1 heterocycles. The zero-order valence-electron chi connectivity index (χ0n) is 12.3. The van der Waals surface area contributed by atoms with Crippen molar-refractivity contribution in [1.29, 1.82) is 0 Å². The molecule has 1 aromatic rings. The zero-order chi connectivity index (χ0) is 15.3. The van der Waals surface area contributed by atoms with Crippen LogP contribution in [0.5, 0.6) is 0 Å². The second-order valence-electron chi connectivity index (χ2n) is 5.29. The van der Waals surface area contributed by atoms with Gasteiger partial charge in [0.15, 0.2) is 0 Å². The minimum absolute atomic E-state index is 0.157. The van der Waals surface area contributed by atoms with E-state index >= 15 is 0 Å². The Morgan fingerprint density at radius 3 is 2.71 bits per heavy atom. The van der Waals surface area contributed by atoms with Crippen LogP contribution in [-0.4, -0.2) is 63.1 Å². The first-order valence-corrected chi connectivity index (χ1v) is 9.07. The molecule has 0 radical (unpaired) electrons. The molecule has 0 amide bonds. The molecular weight excluding hydrogens is 310 g/mol. The molecule has 1 aliphatic rings. The van der Waals surface area contributed by atoms with E-state index in [-0.39, 0.29) is 5.75 Å². The summed E-state index contributed by atoms with van der Waals surface area (Å²) in [7, 11) is -1.62. The predicted molar refractivity (Wildman–Crippen MR) is 86.0 cm³/mol. The van der Waals surface area contributed by atoms with Crippen molar-refractivity contribution in [3.05, 3.63) is 34.9 Å². The first-order valence-electron chi connectivity index (χ1n) is 7.09. The van der Waals surface area contributed by atoms with Crippen LogP contribution in [-0.2, 0) is 16.6 Å². The van der Waals surface area contributed by atoms with Gasteiger partial charge in [0.25, 0.3) is 0 Å². The number of halogens is 1. The number of piperazine rings is 1. The van der Waals surface area contributed by atoms with Gasteiger partial charge in [0, 0.05) is 51.3 Å². The molecule has 1 N–H and O–H groups in total. The number of hydrogen-bond donors (Lipinski definition) is 1. The highest BCUT2D eigenvalue weighted by Crippen LogP contribution is 2.14. The van der Waals surface area contributed by atoms with Crippen LogP contribution < -0.4 is 5.32 Å². The molecule has 0 bridgehead atoms.